The minimum Gasteiger partial charge on any atom is -0.322 e. The number of hydrogen-bond acceptors (Lipinski definition) is 5. The van der Waals surface area contributed by atoms with E-state index in [0.29, 0.717) is 10.6 Å². The fourth-order valence-electron chi connectivity index (χ4n) is 1.88. The van der Waals surface area contributed by atoms with Gasteiger partial charge in [-0.05, 0) is 42.8 Å². The average molecular weight is 334 g/mol. The lowest BCUT2D eigenvalue weighted by atomic mass is 10.2. The molecule has 0 atom stereocenters. The van der Waals surface area contributed by atoms with Crippen LogP contribution in [0, 0.1) is 10.1 Å². The molecule has 0 aliphatic heterocycles. The zero-order chi connectivity index (χ0) is 16.1. The first-order valence-corrected chi connectivity index (χ1v) is 8.78. The van der Waals surface area contributed by atoms with Gasteiger partial charge < -0.3 is 5.32 Å². The highest BCUT2D eigenvalue weighted by Crippen LogP contribution is 2.28. The van der Waals surface area contributed by atoms with E-state index in [2.05, 4.69) is 5.32 Å². The van der Waals surface area contributed by atoms with Crippen LogP contribution in [0.1, 0.15) is 10.4 Å². The molecule has 0 radical (unpaired) electrons. The van der Waals surface area contributed by atoms with Crippen molar-refractivity contribution in [1.82, 2.24) is 0 Å². The number of amides is 1. The van der Waals surface area contributed by atoms with E-state index in [1.165, 1.54) is 17.8 Å². The van der Waals surface area contributed by atoms with E-state index < -0.39 is 4.92 Å². The minimum absolute atomic E-state index is 0.0574. The van der Waals surface area contributed by atoms with Crippen LogP contribution in [0.5, 0.6) is 0 Å². The maximum Gasteiger partial charge on any atom is 0.283 e. The molecule has 0 bridgehead atoms. The van der Waals surface area contributed by atoms with Crippen LogP contribution >= 0.6 is 23.5 Å². The zero-order valence-electron chi connectivity index (χ0n) is 12.0. The molecule has 7 heteroatoms. The Morgan fingerprint density at radius 3 is 2.55 bits per heavy atom. The summed E-state index contributed by atoms with van der Waals surface area (Å²) < 4.78 is 0. The highest BCUT2D eigenvalue weighted by molar-refractivity contribution is 7.98. The van der Waals surface area contributed by atoms with Gasteiger partial charge in [0.05, 0.1) is 9.82 Å². The van der Waals surface area contributed by atoms with E-state index in [1.807, 2.05) is 24.5 Å². The number of nitro benzene ring substituents is 1. The van der Waals surface area contributed by atoms with Crippen molar-refractivity contribution in [2.24, 2.45) is 0 Å². The van der Waals surface area contributed by atoms with Crippen molar-refractivity contribution in [3.05, 3.63) is 58.1 Å². The second-order valence-electron chi connectivity index (χ2n) is 4.33. The molecule has 0 fully saturated rings. The molecule has 0 unspecified atom stereocenters. The molecular weight excluding hydrogens is 320 g/mol. The molecular formula is C15H14N2O3S2. The lowest BCUT2D eigenvalue weighted by molar-refractivity contribution is -0.387. The van der Waals surface area contributed by atoms with Crippen molar-refractivity contribution in [2.75, 3.05) is 17.8 Å². The lowest BCUT2D eigenvalue weighted by Crippen LogP contribution is -2.12. The first-order valence-electron chi connectivity index (χ1n) is 6.33. The average Bonchev–Trinajstić information content (AvgIpc) is 2.54. The third kappa shape index (κ3) is 3.80. The number of carbonyl (C=O) groups is 1. The second kappa shape index (κ2) is 7.33. The number of nitrogens with one attached hydrogen (secondary N) is 1. The van der Waals surface area contributed by atoms with Crippen LogP contribution in [0.4, 0.5) is 11.4 Å². The molecule has 2 aromatic rings. The van der Waals surface area contributed by atoms with Gasteiger partial charge in [-0.1, -0.05) is 6.07 Å². The number of rotatable bonds is 5. The Labute approximate surface area is 136 Å². The summed E-state index contributed by atoms with van der Waals surface area (Å²) in [5, 5.41) is 13.8. The number of benzene rings is 2. The van der Waals surface area contributed by atoms with E-state index in [1.54, 1.807) is 36.2 Å². The highest BCUT2D eigenvalue weighted by Gasteiger charge is 2.17. The molecule has 1 amide bonds. The van der Waals surface area contributed by atoms with Gasteiger partial charge in [-0.2, -0.15) is 0 Å². The van der Waals surface area contributed by atoms with Crippen molar-refractivity contribution in [3.8, 4) is 0 Å². The molecule has 114 valence electrons. The van der Waals surface area contributed by atoms with Gasteiger partial charge in [0.25, 0.3) is 11.6 Å². The quantitative estimate of drug-likeness (QED) is 0.501. The predicted molar refractivity (Wildman–Crippen MR) is 91.1 cm³/mol. The van der Waals surface area contributed by atoms with Gasteiger partial charge in [0.2, 0.25) is 0 Å². The molecule has 22 heavy (non-hydrogen) atoms. The predicted octanol–water partition coefficient (Wildman–Crippen LogP) is 4.29. The molecule has 5 nitrogen and oxygen atoms in total. The standard InChI is InChI=1S/C15H14N2O3S2/c1-21-12-5-3-4-11(9-12)16-15(18)10-6-7-14(22-2)13(8-10)17(19)20/h3-9H,1-2H3,(H,16,18). The lowest BCUT2D eigenvalue weighted by Gasteiger charge is -2.07. The monoisotopic (exact) mass is 334 g/mol. The number of thioether (sulfide) groups is 2. The smallest absolute Gasteiger partial charge is 0.283 e. The Morgan fingerprint density at radius 1 is 1.14 bits per heavy atom. The van der Waals surface area contributed by atoms with E-state index in [-0.39, 0.29) is 17.2 Å². The maximum absolute atomic E-state index is 12.2. The first kappa shape index (κ1) is 16.4. The number of nitrogens with zero attached hydrogens (tertiary/aromatic N) is 1. The van der Waals surface area contributed by atoms with Crippen LogP contribution in [-0.4, -0.2) is 23.3 Å². The summed E-state index contributed by atoms with van der Waals surface area (Å²) in [6.45, 7) is 0. The maximum atomic E-state index is 12.2. The van der Waals surface area contributed by atoms with E-state index in [4.69, 9.17) is 0 Å². The largest absolute Gasteiger partial charge is 0.322 e. The summed E-state index contributed by atoms with van der Waals surface area (Å²) in [5.41, 5.74) is 0.866. The van der Waals surface area contributed by atoms with Gasteiger partial charge in [0.15, 0.2) is 0 Å². The molecule has 0 saturated carbocycles. The van der Waals surface area contributed by atoms with Crippen LogP contribution in [0.25, 0.3) is 0 Å². The van der Waals surface area contributed by atoms with Gasteiger partial charge in [-0.25, -0.2) is 0 Å². The van der Waals surface area contributed by atoms with Crippen molar-refractivity contribution < 1.29 is 9.72 Å². The molecule has 2 rings (SSSR count). The molecule has 0 aliphatic carbocycles. The SMILES string of the molecule is CSc1cccc(NC(=O)c2ccc(SC)c([N+](=O)[O-])c2)c1. The Bertz CT molecular complexity index is 720. The van der Waals surface area contributed by atoms with Gasteiger partial charge >= 0.3 is 0 Å². The summed E-state index contributed by atoms with van der Waals surface area (Å²) in [4.78, 5) is 24.4. The molecule has 0 aromatic heterocycles. The number of nitro groups is 1. The minimum atomic E-state index is -0.475. The molecule has 0 heterocycles. The van der Waals surface area contributed by atoms with E-state index in [0.717, 1.165) is 4.90 Å². The van der Waals surface area contributed by atoms with Gasteiger partial charge in [-0.15, -0.1) is 23.5 Å². The van der Waals surface area contributed by atoms with Crippen LogP contribution in [0.3, 0.4) is 0 Å². The molecule has 0 aliphatic rings. The van der Waals surface area contributed by atoms with Crippen molar-refractivity contribution in [1.29, 1.82) is 0 Å². The second-order valence-corrected chi connectivity index (χ2v) is 6.06. The van der Waals surface area contributed by atoms with Crippen LogP contribution in [-0.2, 0) is 0 Å². The third-order valence-corrected chi connectivity index (χ3v) is 4.48. The first-order chi connectivity index (χ1) is 10.5. The number of anilines is 1. The summed E-state index contributed by atoms with van der Waals surface area (Å²) in [6.07, 6.45) is 3.71. The molecule has 1 N–H and O–H groups in total. The molecule has 2 aromatic carbocycles. The summed E-state index contributed by atoms with van der Waals surface area (Å²) in [7, 11) is 0. The molecule has 0 spiro atoms. The van der Waals surface area contributed by atoms with Crippen molar-refractivity contribution in [3.63, 3.8) is 0 Å². The fourth-order valence-corrected chi connectivity index (χ4v) is 2.88. The summed E-state index contributed by atoms with van der Waals surface area (Å²) in [5.74, 6) is -0.367. The molecule has 0 saturated heterocycles. The Kier molecular flexibility index (Phi) is 5.46. The Morgan fingerprint density at radius 2 is 1.91 bits per heavy atom. The van der Waals surface area contributed by atoms with Crippen molar-refractivity contribution in [2.45, 2.75) is 9.79 Å². The van der Waals surface area contributed by atoms with Crippen LogP contribution < -0.4 is 5.32 Å². The Hall–Kier alpha value is -1.99. The van der Waals surface area contributed by atoms with E-state index >= 15 is 0 Å². The van der Waals surface area contributed by atoms with Gasteiger partial charge in [0.1, 0.15) is 0 Å². The third-order valence-electron chi connectivity index (χ3n) is 2.97. The topological polar surface area (TPSA) is 72.2 Å². The van der Waals surface area contributed by atoms with Gasteiger partial charge in [0, 0.05) is 22.2 Å². The van der Waals surface area contributed by atoms with Gasteiger partial charge in [-0.3, -0.25) is 14.9 Å². The van der Waals surface area contributed by atoms with E-state index in [9.17, 15) is 14.9 Å². The van der Waals surface area contributed by atoms with Crippen LogP contribution in [0.15, 0.2) is 52.3 Å². The summed E-state index contributed by atoms with van der Waals surface area (Å²) in [6, 6.07) is 11.9. The highest BCUT2D eigenvalue weighted by atomic mass is 32.2. The number of hydrogen-bond donors (Lipinski definition) is 1. The normalized spacial score (nSPS) is 10.3. The summed E-state index contributed by atoms with van der Waals surface area (Å²) >= 11 is 2.85. The number of carbonyl (C=O) groups excluding carboxylic acids is 1. The fraction of sp³-hybridized carbons (Fsp3) is 0.133. The Balaban J connectivity index is 2.25. The van der Waals surface area contributed by atoms with Crippen LogP contribution in [0.2, 0.25) is 0 Å². The zero-order valence-corrected chi connectivity index (χ0v) is 13.7. The van der Waals surface area contributed by atoms with Crippen molar-refractivity contribution >= 4 is 40.8 Å².